The molecule has 2 aromatic rings. The summed E-state index contributed by atoms with van der Waals surface area (Å²) in [4.78, 5) is 12.0. The van der Waals surface area contributed by atoms with Gasteiger partial charge in [0.05, 0.1) is 0 Å². The van der Waals surface area contributed by atoms with Crippen LogP contribution in [0.25, 0.3) is 10.1 Å². The Bertz CT molecular complexity index is 658. The monoisotopic (exact) mass is 330 g/mol. The molecular weight excluding hydrogens is 304 g/mol. The molecule has 0 radical (unpaired) electrons. The van der Waals surface area contributed by atoms with Crippen molar-refractivity contribution in [3.05, 3.63) is 34.7 Å². The Morgan fingerprint density at radius 2 is 2.09 bits per heavy atom. The standard InChI is InChI=1S/C19H26N2OS/c1-2-14-8-9-18-17(12-14)15(13-23-18)10-11-20-19(22)21-16-6-4-3-5-7-16/h8-9,12-13,16H,2-7,10-11H2,1H3,(H2,20,21,22). The number of amides is 2. The van der Waals surface area contributed by atoms with E-state index in [1.165, 1.54) is 40.5 Å². The van der Waals surface area contributed by atoms with Gasteiger partial charge in [0.25, 0.3) is 0 Å². The second-order valence-electron chi connectivity index (χ2n) is 6.43. The number of aryl methyl sites for hydroxylation is 1. The number of benzene rings is 1. The van der Waals surface area contributed by atoms with E-state index in [1.807, 2.05) is 0 Å². The molecule has 1 heterocycles. The van der Waals surface area contributed by atoms with Crippen molar-refractivity contribution in [1.82, 2.24) is 10.6 Å². The van der Waals surface area contributed by atoms with Gasteiger partial charge in [-0.3, -0.25) is 0 Å². The van der Waals surface area contributed by atoms with Gasteiger partial charge in [-0.25, -0.2) is 4.79 Å². The van der Waals surface area contributed by atoms with Crippen molar-refractivity contribution in [2.75, 3.05) is 6.54 Å². The smallest absolute Gasteiger partial charge is 0.315 e. The van der Waals surface area contributed by atoms with Gasteiger partial charge in [0.1, 0.15) is 0 Å². The maximum absolute atomic E-state index is 12.0. The summed E-state index contributed by atoms with van der Waals surface area (Å²) >= 11 is 1.79. The number of nitrogens with one attached hydrogen (secondary N) is 2. The zero-order valence-corrected chi connectivity index (χ0v) is 14.7. The highest BCUT2D eigenvalue weighted by atomic mass is 32.1. The lowest BCUT2D eigenvalue weighted by molar-refractivity contribution is 0.233. The summed E-state index contributed by atoms with van der Waals surface area (Å²) in [5.41, 5.74) is 2.72. The number of hydrogen-bond donors (Lipinski definition) is 2. The number of fused-ring (bicyclic) bond motifs is 1. The van der Waals surface area contributed by atoms with E-state index in [4.69, 9.17) is 0 Å². The fraction of sp³-hybridized carbons (Fsp3) is 0.526. The number of rotatable bonds is 5. The van der Waals surface area contributed by atoms with Crippen molar-refractivity contribution < 1.29 is 4.79 Å². The van der Waals surface area contributed by atoms with Gasteiger partial charge in [-0.15, -0.1) is 11.3 Å². The first-order valence-corrected chi connectivity index (χ1v) is 9.67. The summed E-state index contributed by atoms with van der Waals surface area (Å²) < 4.78 is 1.34. The molecule has 0 aliphatic heterocycles. The van der Waals surface area contributed by atoms with Crippen molar-refractivity contribution in [2.24, 2.45) is 0 Å². The van der Waals surface area contributed by atoms with Gasteiger partial charge in [-0.2, -0.15) is 0 Å². The number of hydrogen-bond acceptors (Lipinski definition) is 2. The highest BCUT2D eigenvalue weighted by Crippen LogP contribution is 2.27. The second-order valence-corrected chi connectivity index (χ2v) is 7.34. The highest BCUT2D eigenvalue weighted by molar-refractivity contribution is 7.17. The molecule has 4 heteroatoms. The van der Waals surface area contributed by atoms with Crippen LogP contribution in [-0.4, -0.2) is 18.6 Å². The number of urea groups is 1. The number of carbonyl (C=O) groups is 1. The third-order valence-corrected chi connectivity index (χ3v) is 5.76. The molecule has 3 rings (SSSR count). The Labute approximate surface area is 142 Å². The van der Waals surface area contributed by atoms with Crippen molar-refractivity contribution in [2.45, 2.75) is 57.9 Å². The lowest BCUT2D eigenvalue weighted by Crippen LogP contribution is -2.43. The number of thiophene rings is 1. The first-order chi connectivity index (χ1) is 11.3. The van der Waals surface area contributed by atoms with E-state index >= 15 is 0 Å². The lowest BCUT2D eigenvalue weighted by Gasteiger charge is -2.22. The van der Waals surface area contributed by atoms with Crippen LogP contribution < -0.4 is 10.6 Å². The topological polar surface area (TPSA) is 41.1 Å². The Morgan fingerprint density at radius 3 is 2.87 bits per heavy atom. The first-order valence-electron chi connectivity index (χ1n) is 8.79. The van der Waals surface area contributed by atoms with Crippen LogP contribution in [0.5, 0.6) is 0 Å². The van der Waals surface area contributed by atoms with E-state index in [0.29, 0.717) is 12.6 Å². The SMILES string of the molecule is CCc1ccc2scc(CCNC(=O)NC3CCCCC3)c2c1. The van der Waals surface area contributed by atoms with E-state index in [0.717, 1.165) is 25.7 Å². The van der Waals surface area contributed by atoms with Crippen LogP contribution in [0, 0.1) is 0 Å². The van der Waals surface area contributed by atoms with Crippen molar-refractivity contribution in [3.63, 3.8) is 0 Å². The van der Waals surface area contributed by atoms with Crippen LogP contribution in [-0.2, 0) is 12.8 Å². The molecule has 0 unspecified atom stereocenters. The minimum atomic E-state index is -0.00863. The van der Waals surface area contributed by atoms with Crippen LogP contribution in [0.1, 0.15) is 50.2 Å². The van der Waals surface area contributed by atoms with E-state index < -0.39 is 0 Å². The maximum Gasteiger partial charge on any atom is 0.315 e. The molecule has 1 aliphatic carbocycles. The summed E-state index contributed by atoms with van der Waals surface area (Å²) in [5.74, 6) is 0. The third-order valence-electron chi connectivity index (χ3n) is 4.75. The molecular formula is C19H26N2OS. The van der Waals surface area contributed by atoms with Gasteiger partial charge < -0.3 is 10.6 Å². The average Bonchev–Trinajstić information content (AvgIpc) is 2.98. The Hall–Kier alpha value is -1.55. The van der Waals surface area contributed by atoms with E-state index in [9.17, 15) is 4.79 Å². The molecule has 0 atom stereocenters. The normalized spacial score (nSPS) is 15.7. The fourth-order valence-electron chi connectivity index (χ4n) is 3.34. The largest absolute Gasteiger partial charge is 0.338 e. The van der Waals surface area contributed by atoms with Gasteiger partial charge in [0.2, 0.25) is 0 Å². The molecule has 1 aromatic heterocycles. The molecule has 1 fully saturated rings. The predicted octanol–water partition coefficient (Wildman–Crippen LogP) is 4.64. The highest BCUT2D eigenvalue weighted by Gasteiger charge is 2.15. The predicted molar refractivity (Wildman–Crippen MR) is 98.3 cm³/mol. The molecule has 0 saturated heterocycles. The summed E-state index contributed by atoms with van der Waals surface area (Å²) in [6.07, 6.45) is 8.01. The average molecular weight is 330 g/mol. The quantitative estimate of drug-likeness (QED) is 0.824. The van der Waals surface area contributed by atoms with Crippen molar-refractivity contribution in [3.8, 4) is 0 Å². The molecule has 23 heavy (non-hydrogen) atoms. The molecule has 3 nitrogen and oxygen atoms in total. The van der Waals surface area contributed by atoms with Gasteiger partial charge in [-0.1, -0.05) is 38.3 Å². The van der Waals surface area contributed by atoms with Crippen LogP contribution in [0.15, 0.2) is 23.6 Å². The second kappa shape index (κ2) is 7.82. The third kappa shape index (κ3) is 4.25. The van der Waals surface area contributed by atoms with Crippen molar-refractivity contribution in [1.29, 1.82) is 0 Å². The molecule has 124 valence electrons. The summed E-state index contributed by atoms with van der Waals surface area (Å²) in [6, 6.07) is 7.08. The van der Waals surface area contributed by atoms with Gasteiger partial charge in [0.15, 0.2) is 0 Å². The Kier molecular flexibility index (Phi) is 5.55. The molecule has 2 N–H and O–H groups in total. The minimum absolute atomic E-state index is 0.00863. The molecule has 0 bridgehead atoms. The zero-order valence-electron chi connectivity index (χ0n) is 13.9. The maximum atomic E-state index is 12.0. The Morgan fingerprint density at radius 1 is 1.26 bits per heavy atom. The first kappa shape index (κ1) is 16.3. The fourth-order valence-corrected chi connectivity index (χ4v) is 4.31. The molecule has 0 spiro atoms. The van der Waals surface area contributed by atoms with Gasteiger partial charge in [-0.05, 0) is 53.6 Å². The van der Waals surface area contributed by atoms with Gasteiger partial charge >= 0.3 is 6.03 Å². The van der Waals surface area contributed by atoms with Crippen LogP contribution >= 0.6 is 11.3 Å². The summed E-state index contributed by atoms with van der Waals surface area (Å²) in [5, 5.41) is 9.70. The molecule has 1 aliphatic rings. The molecule has 2 amide bonds. The molecule has 1 saturated carbocycles. The van der Waals surface area contributed by atoms with Crippen LogP contribution in [0.4, 0.5) is 4.79 Å². The van der Waals surface area contributed by atoms with E-state index in [2.05, 4.69) is 41.1 Å². The summed E-state index contributed by atoms with van der Waals surface area (Å²) in [6.45, 7) is 2.88. The zero-order chi connectivity index (χ0) is 16.1. The minimum Gasteiger partial charge on any atom is -0.338 e. The van der Waals surface area contributed by atoms with Crippen molar-refractivity contribution >= 4 is 27.5 Å². The molecule has 1 aromatic carbocycles. The Balaban J connectivity index is 1.51. The number of carbonyl (C=O) groups excluding carboxylic acids is 1. The van der Waals surface area contributed by atoms with Gasteiger partial charge in [0, 0.05) is 17.3 Å². The van der Waals surface area contributed by atoms with E-state index in [-0.39, 0.29) is 6.03 Å². The summed E-state index contributed by atoms with van der Waals surface area (Å²) in [7, 11) is 0. The lowest BCUT2D eigenvalue weighted by atomic mass is 9.96. The van der Waals surface area contributed by atoms with E-state index in [1.54, 1.807) is 11.3 Å². The van der Waals surface area contributed by atoms with Crippen LogP contribution in [0.2, 0.25) is 0 Å². The van der Waals surface area contributed by atoms with Crippen LogP contribution in [0.3, 0.4) is 0 Å².